The van der Waals surface area contributed by atoms with Crippen molar-refractivity contribution in [2.75, 3.05) is 11.4 Å². The first kappa shape index (κ1) is 18.7. The first-order chi connectivity index (χ1) is 12.2. The fourth-order valence-electron chi connectivity index (χ4n) is 3.71. The van der Waals surface area contributed by atoms with Crippen molar-refractivity contribution in [3.05, 3.63) is 29.8 Å². The van der Waals surface area contributed by atoms with Crippen LogP contribution < -0.4 is 10.2 Å². The summed E-state index contributed by atoms with van der Waals surface area (Å²) >= 11 is 0. The number of hydrogen-bond acceptors (Lipinski definition) is 2. The molecular formula is C19H23F3N2O2. The monoisotopic (exact) mass is 368 g/mol. The van der Waals surface area contributed by atoms with E-state index in [-0.39, 0.29) is 36.5 Å². The van der Waals surface area contributed by atoms with Gasteiger partial charge in [0.25, 0.3) is 0 Å². The number of halogens is 3. The van der Waals surface area contributed by atoms with Crippen LogP contribution in [0.4, 0.5) is 18.9 Å². The van der Waals surface area contributed by atoms with Gasteiger partial charge in [0.1, 0.15) is 0 Å². The molecule has 1 aliphatic heterocycles. The first-order valence-corrected chi connectivity index (χ1v) is 9.02. The van der Waals surface area contributed by atoms with Crippen LogP contribution in [0, 0.1) is 11.8 Å². The number of benzene rings is 1. The maximum absolute atomic E-state index is 12.9. The van der Waals surface area contributed by atoms with Gasteiger partial charge in [-0.2, -0.15) is 13.2 Å². The molecule has 2 aliphatic rings. The highest BCUT2D eigenvalue weighted by molar-refractivity contribution is 6.00. The maximum Gasteiger partial charge on any atom is 0.416 e. The Morgan fingerprint density at radius 3 is 2.54 bits per heavy atom. The molecule has 3 rings (SSSR count). The van der Waals surface area contributed by atoms with Crippen LogP contribution >= 0.6 is 0 Å². The van der Waals surface area contributed by atoms with Crippen LogP contribution in [0.5, 0.6) is 0 Å². The number of rotatable bonds is 3. The fraction of sp³-hybridized carbons (Fsp3) is 0.579. The first-order valence-electron chi connectivity index (χ1n) is 9.02. The highest BCUT2D eigenvalue weighted by Gasteiger charge is 2.37. The largest absolute Gasteiger partial charge is 0.416 e. The van der Waals surface area contributed by atoms with Crippen molar-refractivity contribution >= 4 is 17.5 Å². The van der Waals surface area contributed by atoms with Crippen LogP contribution in [0.2, 0.25) is 0 Å². The van der Waals surface area contributed by atoms with E-state index in [0.29, 0.717) is 5.92 Å². The van der Waals surface area contributed by atoms with Gasteiger partial charge in [-0.1, -0.05) is 13.0 Å². The lowest BCUT2D eigenvalue weighted by atomic mass is 9.87. The molecule has 1 aromatic carbocycles. The van der Waals surface area contributed by atoms with Crippen molar-refractivity contribution in [1.82, 2.24) is 5.32 Å². The zero-order chi connectivity index (χ0) is 18.9. The summed E-state index contributed by atoms with van der Waals surface area (Å²) in [5.74, 6) is -0.335. The Hall–Kier alpha value is -2.05. The molecule has 1 aromatic rings. The third kappa shape index (κ3) is 4.19. The number of amides is 2. The molecule has 1 saturated heterocycles. The highest BCUT2D eigenvalue weighted by atomic mass is 19.4. The minimum Gasteiger partial charge on any atom is -0.353 e. The minimum atomic E-state index is -4.46. The summed E-state index contributed by atoms with van der Waals surface area (Å²) in [6.07, 6.45) is -0.412. The summed E-state index contributed by atoms with van der Waals surface area (Å²) in [7, 11) is 0. The van der Waals surface area contributed by atoms with Gasteiger partial charge in [0.15, 0.2) is 0 Å². The lowest BCUT2D eigenvalue weighted by molar-refractivity contribution is -0.137. The van der Waals surface area contributed by atoms with Crippen LogP contribution in [0.3, 0.4) is 0 Å². The second-order valence-corrected chi connectivity index (χ2v) is 7.42. The fourth-order valence-corrected chi connectivity index (χ4v) is 3.71. The Morgan fingerprint density at radius 2 is 1.88 bits per heavy atom. The molecule has 2 amide bonds. The molecule has 26 heavy (non-hydrogen) atoms. The molecular weight excluding hydrogens is 345 g/mol. The number of nitrogens with zero attached hydrogens (tertiary/aromatic N) is 1. The summed E-state index contributed by atoms with van der Waals surface area (Å²) < 4.78 is 38.6. The zero-order valence-electron chi connectivity index (χ0n) is 14.7. The molecule has 0 unspecified atom stereocenters. The van der Waals surface area contributed by atoms with E-state index in [1.54, 1.807) is 0 Å². The second-order valence-electron chi connectivity index (χ2n) is 7.42. The normalized spacial score (nSPS) is 26.8. The van der Waals surface area contributed by atoms with Crippen LogP contribution in [-0.2, 0) is 15.8 Å². The molecule has 0 radical (unpaired) electrons. The molecule has 1 heterocycles. The Labute approximate surface area is 150 Å². The van der Waals surface area contributed by atoms with Gasteiger partial charge in [-0.3, -0.25) is 9.59 Å². The maximum atomic E-state index is 12.9. The van der Waals surface area contributed by atoms with Gasteiger partial charge >= 0.3 is 6.18 Å². The standard InChI is InChI=1S/C19H23F3N2O2/c1-12-5-7-15(8-6-12)23-18(26)13-9-17(25)24(11-13)16-4-2-3-14(10-16)19(20,21)22/h2-4,10,12-13,15H,5-9,11H2,1H3,(H,23,26)/t12?,13-,15?/m1/s1. The average Bonchev–Trinajstić information content (AvgIpc) is 2.98. The van der Waals surface area contributed by atoms with E-state index in [1.807, 2.05) is 0 Å². The third-order valence-corrected chi connectivity index (χ3v) is 5.34. The van der Waals surface area contributed by atoms with Gasteiger partial charge in [-0.25, -0.2) is 0 Å². The summed E-state index contributed by atoms with van der Waals surface area (Å²) in [5, 5.41) is 3.01. The molecule has 0 bridgehead atoms. The van der Waals surface area contributed by atoms with Gasteiger partial charge in [-0.05, 0) is 49.8 Å². The Kier molecular flexibility index (Phi) is 5.25. The summed E-state index contributed by atoms with van der Waals surface area (Å²) in [5.41, 5.74) is -0.612. The smallest absolute Gasteiger partial charge is 0.353 e. The molecule has 2 fully saturated rings. The van der Waals surface area contributed by atoms with Gasteiger partial charge < -0.3 is 10.2 Å². The van der Waals surface area contributed by atoms with E-state index < -0.39 is 17.7 Å². The van der Waals surface area contributed by atoms with Crippen molar-refractivity contribution in [3.8, 4) is 0 Å². The quantitative estimate of drug-likeness (QED) is 0.883. The predicted molar refractivity (Wildman–Crippen MR) is 91.5 cm³/mol. The number of anilines is 1. The molecule has 7 heteroatoms. The molecule has 1 N–H and O–H groups in total. The van der Waals surface area contributed by atoms with Crippen molar-refractivity contribution < 1.29 is 22.8 Å². The SMILES string of the molecule is CC1CCC(NC(=O)[C@@H]2CC(=O)N(c3cccc(C(F)(F)F)c3)C2)CC1. The van der Waals surface area contributed by atoms with E-state index in [4.69, 9.17) is 0 Å². The Bertz CT molecular complexity index is 682. The van der Waals surface area contributed by atoms with Crippen molar-refractivity contribution in [3.63, 3.8) is 0 Å². The van der Waals surface area contributed by atoms with Crippen molar-refractivity contribution in [2.45, 2.75) is 51.2 Å². The third-order valence-electron chi connectivity index (χ3n) is 5.34. The molecule has 142 valence electrons. The summed E-state index contributed by atoms with van der Waals surface area (Å²) in [6, 6.07) is 4.81. The van der Waals surface area contributed by atoms with Crippen molar-refractivity contribution in [1.29, 1.82) is 0 Å². The number of carbonyl (C=O) groups excluding carboxylic acids is 2. The van der Waals surface area contributed by atoms with Gasteiger partial charge in [-0.15, -0.1) is 0 Å². The Balaban J connectivity index is 1.64. The average molecular weight is 368 g/mol. The Morgan fingerprint density at radius 1 is 1.19 bits per heavy atom. The van der Waals surface area contributed by atoms with Gasteiger partial charge in [0.2, 0.25) is 11.8 Å². The lowest BCUT2D eigenvalue weighted by Gasteiger charge is -2.27. The summed E-state index contributed by atoms with van der Waals surface area (Å²) in [6.45, 7) is 2.32. The van der Waals surface area contributed by atoms with Crippen LogP contribution in [0.25, 0.3) is 0 Å². The van der Waals surface area contributed by atoms with Gasteiger partial charge in [0, 0.05) is 24.7 Å². The molecule has 0 aromatic heterocycles. The molecule has 1 atom stereocenters. The van der Waals surface area contributed by atoms with E-state index in [9.17, 15) is 22.8 Å². The van der Waals surface area contributed by atoms with Gasteiger partial charge in [0.05, 0.1) is 11.5 Å². The molecule has 1 aliphatic carbocycles. The predicted octanol–water partition coefficient (Wildman–Crippen LogP) is 3.75. The van der Waals surface area contributed by atoms with E-state index >= 15 is 0 Å². The number of alkyl halides is 3. The highest BCUT2D eigenvalue weighted by Crippen LogP contribution is 2.33. The van der Waals surface area contributed by atoms with Crippen molar-refractivity contribution in [2.24, 2.45) is 11.8 Å². The topological polar surface area (TPSA) is 49.4 Å². The second kappa shape index (κ2) is 7.29. The molecule has 4 nitrogen and oxygen atoms in total. The van der Waals surface area contributed by atoms with E-state index in [0.717, 1.165) is 37.8 Å². The number of nitrogens with one attached hydrogen (secondary N) is 1. The molecule has 0 spiro atoms. The van der Waals surface area contributed by atoms with Crippen LogP contribution in [0.15, 0.2) is 24.3 Å². The van der Waals surface area contributed by atoms with Crippen LogP contribution in [0.1, 0.15) is 44.6 Å². The van der Waals surface area contributed by atoms with Crippen LogP contribution in [-0.4, -0.2) is 24.4 Å². The number of carbonyl (C=O) groups is 2. The van der Waals surface area contributed by atoms with E-state index in [1.165, 1.54) is 17.0 Å². The lowest BCUT2D eigenvalue weighted by Crippen LogP contribution is -2.41. The summed E-state index contributed by atoms with van der Waals surface area (Å²) in [4.78, 5) is 26.0. The van der Waals surface area contributed by atoms with E-state index in [2.05, 4.69) is 12.2 Å². The number of hydrogen-bond donors (Lipinski definition) is 1. The zero-order valence-corrected chi connectivity index (χ0v) is 14.7. The molecule has 1 saturated carbocycles. The minimum absolute atomic E-state index is 0.0329.